The van der Waals surface area contributed by atoms with Crippen LogP contribution in [0.4, 0.5) is 0 Å². The second kappa shape index (κ2) is 6.39. The third kappa shape index (κ3) is 6.06. The summed E-state index contributed by atoms with van der Waals surface area (Å²) in [6.07, 6.45) is 2.98. The molecule has 1 amide bonds. The van der Waals surface area contributed by atoms with E-state index in [1.54, 1.807) is 0 Å². The Balaban J connectivity index is 2.22. The van der Waals surface area contributed by atoms with E-state index < -0.39 is 0 Å². The fourth-order valence-electron chi connectivity index (χ4n) is 2.74. The summed E-state index contributed by atoms with van der Waals surface area (Å²) in [6, 6.07) is 0. The number of hydrogen-bond acceptors (Lipinski definition) is 2. The van der Waals surface area contributed by atoms with Gasteiger partial charge in [-0.3, -0.25) is 4.79 Å². The number of amides is 1. The van der Waals surface area contributed by atoms with E-state index in [2.05, 4.69) is 38.3 Å². The first-order valence-corrected chi connectivity index (χ1v) is 6.86. The summed E-state index contributed by atoms with van der Waals surface area (Å²) in [5.74, 6) is 1.44. The molecule has 3 heteroatoms. The quantitative estimate of drug-likeness (QED) is 0.747. The molecule has 100 valence electrons. The van der Waals surface area contributed by atoms with Gasteiger partial charge in [0.15, 0.2) is 0 Å². The maximum absolute atomic E-state index is 11.8. The van der Waals surface area contributed by atoms with Gasteiger partial charge in [-0.1, -0.05) is 27.7 Å². The Morgan fingerprint density at radius 2 is 2.18 bits per heavy atom. The molecular weight excluding hydrogens is 212 g/mol. The summed E-state index contributed by atoms with van der Waals surface area (Å²) in [5.41, 5.74) is 0.206. The highest BCUT2D eigenvalue weighted by Crippen LogP contribution is 2.24. The molecule has 1 fully saturated rings. The summed E-state index contributed by atoms with van der Waals surface area (Å²) in [5, 5.41) is 6.38. The SMILES string of the molecule is CC(C)CC(C)(C)CNC(=O)CC1CCNC1. The standard InChI is InChI=1S/C14H28N2O/c1-11(2)8-14(3,4)10-16-13(17)7-12-5-6-15-9-12/h11-12,15H,5-10H2,1-4H3,(H,16,17). The van der Waals surface area contributed by atoms with Crippen molar-refractivity contribution in [3.63, 3.8) is 0 Å². The molecule has 0 aromatic rings. The second-order valence-corrected chi connectivity index (χ2v) is 6.60. The topological polar surface area (TPSA) is 41.1 Å². The minimum atomic E-state index is 0.206. The van der Waals surface area contributed by atoms with Crippen LogP contribution in [0.15, 0.2) is 0 Å². The van der Waals surface area contributed by atoms with Gasteiger partial charge in [0, 0.05) is 13.0 Å². The molecule has 0 aliphatic carbocycles. The van der Waals surface area contributed by atoms with Gasteiger partial charge < -0.3 is 10.6 Å². The van der Waals surface area contributed by atoms with Crippen molar-refractivity contribution in [3.8, 4) is 0 Å². The van der Waals surface area contributed by atoms with Gasteiger partial charge in [-0.05, 0) is 43.2 Å². The number of hydrogen-bond donors (Lipinski definition) is 2. The minimum Gasteiger partial charge on any atom is -0.356 e. The summed E-state index contributed by atoms with van der Waals surface area (Å²) in [7, 11) is 0. The van der Waals surface area contributed by atoms with E-state index in [-0.39, 0.29) is 11.3 Å². The monoisotopic (exact) mass is 240 g/mol. The molecule has 0 radical (unpaired) electrons. The average molecular weight is 240 g/mol. The van der Waals surface area contributed by atoms with E-state index in [1.165, 1.54) is 0 Å². The highest BCUT2D eigenvalue weighted by atomic mass is 16.1. The van der Waals surface area contributed by atoms with Gasteiger partial charge >= 0.3 is 0 Å². The molecule has 3 nitrogen and oxygen atoms in total. The van der Waals surface area contributed by atoms with Gasteiger partial charge in [0.25, 0.3) is 0 Å². The third-order valence-electron chi connectivity index (χ3n) is 3.36. The molecule has 1 unspecified atom stereocenters. The zero-order valence-corrected chi connectivity index (χ0v) is 11.8. The Morgan fingerprint density at radius 3 is 2.71 bits per heavy atom. The molecule has 17 heavy (non-hydrogen) atoms. The minimum absolute atomic E-state index is 0.206. The molecule has 1 aliphatic heterocycles. The lowest BCUT2D eigenvalue weighted by Gasteiger charge is -2.27. The van der Waals surface area contributed by atoms with Gasteiger partial charge in [0.1, 0.15) is 0 Å². The lowest BCUT2D eigenvalue weighted by atomic mass is 9.84. The zero-order valence-electron chi connectivity index (χ0n) is 11.8. The van der Waals surface area contributed by atoms with E-state index in [4.69, 9.17) is 0 Å². The molecule has 0 spiro atoms. The molecular formula is C14H28N2O. The smallest absolute Gasteiger partial charge is 0.220 e. The highest BCUT2D eigenvalue weighted by Gasteiger charge is 2.22. The van der Waals surface area contributed by atoms with Gasteiger partial charge in [-0.15, -0.1) is 0 Å². The van der Waals surface area contributed by atoms with Crippen molar-refractivity contribution in [3.05, 3.63) is 0 Å². The van der Waals surface area contributed by atoms with Crippen LogP contribution in [-0.2, 0) is 4.79 Å². The number of rotatable bonds is 6. The summed E-state index contributed by atoms with van der Waals surface area (Å²) in [6.45, 7) is 11.8. The number of carbonyl (C=O) groups is 1. The van der Waals surface area contributed by atoms with Crippen LogP contribution in [0.1, 0.15) is 47.0 Å². The van der Waals surface area contributed by atoms with Gasteiger partial charge in [-0.25, -0.2) is 0 Å². The van der Waals surface area contributed by atoms with Crippen LogP contribution < -0.4 is 10.6 Å². The maximum Gasteiger partial charge on any atom is 0.220 e. The van der Waals surface area contributed by atoms with Crippen molar-refractivity contribution in [2.75, 3.05) is 19.6 Å². The summed E-state index contributed by atoms with van der Waals surface area (Å²) in [4.78, 5) is 11.8. The molecule has 0 aromatic heterocycles. The molecule has 1 heterocycles. The van der Waals surface area contributed by atoms with E-state index in [0.29, 0.717) is 18.3 Å². The van der Waals surface area contributed by atoms with Crippen molar-refractivity contribution >= 4 is 5.91 Å². The predicted molar refractivity (Wildman–Crippen MR) is 71.8 cm³/mol. The molecule has 1 atom stereocenters. The van der Waals surface area contributed by atoms with Crippen LogP contribution in [0.5, 0.6) is 0 Å². The van der Waals surface area contributed by atoms with Crippen molar-refractivity contribution in [1.29, 1.82) is 0 Å². The highest BCUT2D eigenvalue weighted by molar-refractivity contribution is 5.76. The molecule has 0 aromatic carbocycles. The van der Waals surface area contributed by atoms with Crippen molar-refractivity contribution < 1.29 is 4.79 Å². The molecule has 1 saturated heterocycles. The summed E-state index contributed by atoms with van der Waals surface area (Å²) < 4.78 is 0. The zero-order chi connectivity index (χ0) is 12.9. The number of carbonyl (C=O) groups excluding carboxylic acids is 1. The van der Waals surface area contributed by atoms with Gasteiger partial charge in [0.2, 0.25) is 5.91 Å². The van der Waals surface area contributed by atoms with Crippen LogP contribution >= 0.6 is 0 Å². The van der Waals surface area contributed by atoms with Crippen molar-refractivity contribution in [2.24, 2.45) is 17.3 Å². The first kappa shape index (κ1) is 14.5. The Hall–Kier alpha value is -0.570. The van der Waals surface area contributed by atoms with Crippen molar-refractivity contribution in [1.82, 2.24) is 10.6 Å². The molecule has 2 N–H and O–H groups in total. The first-order chi connectivity index (χ1) is 7.89. The molecule has 0 bridgehead atoms. The Kier molecular flexibility index (Phi) is 5.44. The average Bonchev–Trinajstić information content (AvgIpc) is 2.65. The normalized spacial score (nSPS) is 20.9. The lowest BCUT2D eigenvalue weighted by Crippen LogP contribution is -2.35. The maximum atomic E-state index is 11.8. The van der Waals surface area contributed by atoms with E-state index in [0.717, 1.165) is 32.5 Å². The fraction of sp³-hybridized carbons (Fsp3) is 0.929. The van der Waals surface area contributed by atoms with Crippen LogP contribution in [-0.4, -0.2) is 25.5 Å². The van der Waals surface area contributed by atoms with Gasteiger partial charge in [-0.2, -0.15) is 0 Å². The van der Waals surface area contributed by atoms with E-state index >= 15 is 0 Å². The largest absolute Gasteiger partial charge is 0.356 e. The van der Waals surface area contributed by atoms with Crippen LogP contribution in [0.2, 0.25) is 0 Å². The van der Waals surface area contributed by atoms with E-state index in [1.807, 2.05) is 0 Å². The molecule has 1 rings (SSSR count). The van der Waals surface area contributed by atoms with Crippen LogP contribution in [0, 0.1) is 17.3 Å². The Bertz CT molecular complexity index is 243. The van der Waals surface area contributed by atoms with E-state index in [9.17, 15) is 4.79 Å². The van der Waals surface area contributed by atoms with Crippen LogP contribution in [0.25, 0.3) is 0 Å². The predicted octanol–water partition coefficient (Wildman–Crippen LogP) is 2.17. The van der Waals surface area contributed by atoms with Gasteiger partial charge in [0.05, 0.1) is 0 Å². The number of nitrogens with one attached hydrogen (secondary N) is 2. The fourth-order valence-corrected chi connectivity index (χ4v) is 2.74. The van der Waals surface area contributed by atoms with Crippen LogP contribution in [0.3, 0.4) is 0 Å². The van der Waals surface area contributed by atoms with Crippen molar-refractivity contribution in [2.45, 2.75) is 47.0 Å². The lowest BCUT2D eigenvalue weighted by molar-refractivity contribution is -0.122. The molecule has 0 saturated carbocycles. The first-order valence-electron chi connectivity index (χ1n) is 6.86. The third-order valence-corrected chi connectivity index (χ3v) is 3.36. The molecule has 1 aliphatic rings. The summed E-state index contributed by atoms with van der Waals surface area (Å²) >= 11 is 0. The Labute approximate surface area is 106 Å². The second-order valence-electron chi connectivity index (χ2n) is 6.60. The Morgan fingerprint density at radius 1 is 1.47 bits per heavy atom.